The van der Waals surface area contributed by atoms with Gasteiger partial charge in [-0.25, -0.2) is 15.0 Å². The molecule has 0 unspecified atom stereocenters. The number of carbonyl (C=O) groups excluding carboxylic acids is 1. The molecule has 0 saturated carbocycles. The standard InChI is InChI=1S/C25H34N8O3/c1-4-36-23-19(22(34)30-20-15-33-14-16(2)28-21(33)17(3)29-20)13-27-24(31-23)32-11-5-18(6-12-32)25(35)7-9-26-10-8-25/h13-15,18,26,35H,4-12H2,1-3H3,(H,30,34). The number of aryl methyl sites for hydroxylation is 2. The van der Waals surface area contributed by atoms with E-state index >= 15 is 0 Å². The van der Waals surface area contributed by atoms with Crippen LogP contribution in [-0.4, -0.2) is 73.7 Å². The van der Waals surface area contributed by atoms with E-state index < -0.39 is 5.60 Å². The van der Waals surface area contributed by atoms with E-state index in [0.29, 0.717) is 18.4 Å². The molecule has 1 amide bonds. The number of amides is 1. The van der Waals surface area contributed by atoms with Crippen LogP contribution in [0, 0.1) is 19.8 Å². The Bertz CT molecular complexity index is 1250. The Morgan fingerprint density at radius 2 is 1.94 bits per heavy atom. The lowest BCUT2D eigenvalue weighted by molar-refractivity contribution is -0.0517. The maximum absolute atomic E-state index is 13.1. The molecule has 11 heteroatoms. The number of carbonyl (C=O) groups is 1. The lowest BCUT2D eigenvalue weighted by atomic mass is 9.75. The predicted molar refractivity (Wildman–Crippen MR) is 136 cm³/mol. The second-order valence-electron chi connectivity index (χ2n) is 9.72. The molecule has 5 rings (SSSR count). The number of rotatable bonds is 6. The van der Waals surface area contributed by atoms with E-state index in [2.05, 4.69) is 35.5 Å². The second kappa shape index (κ2) is 9.98. The maximum Gasteiger partial charge on any atom is 0.263 e. The largest absolute Gasteiger partial charge is 0.477 e. The minimum Gasteiger partial charge on any atom is -0.477 e. The number of aliphatic hydroxyl groups is 1. The summed E-state index contributed by atoms with van der Waals surface area (Å²) >= 11 is 0. The van der Waals surface area contributed by atoms with E-state index in [-0.39, 0.29) is 23.3 Å². The topological polar surface area (TPSA) is 130 Å². The van der Waals surface area contributed by atoms with Crippen molar-refractivity contribution in [2.24, 2.45) is 5.92 Å². The van der Waals surface area contributed by atoms with Gasteiger partial charge in [0.05, 0.1) is 29.8 Å². The normalized spacial score (nSPS) is 18.4. The number of hydrogen-bond donors (Lipinski definition) is 3. The molecule has 2 aliphatic rings. The van der Waals surface area contributed by atoms with Gasteiger partial charge < -0.3 is 29.8 Å². The Balaban J connectivity index is 1.30. The predicted octanol–water partition coefficient (Wildman–Crippen LogP) is 2.12. The zero-order valence-corrected chi connectivity index (χ0v) is 21.1. The highest BCUT2D eigenvalue weighted by Crippen LogP contribution is 2.35. The van der Waals surface area contributed by atoms with Gasteiger partial charge in [0, 0.05) is 25.5 Å². The molecule has 3 N–H and O–H groups in total. The van der Waals surface area contributed by atoms with Crippen molar-refractivity contribution in [2.75, 3.05) is 43.0 Å². The molecule has 36 heavy (non-hydrogen) atoms. The number of aromatic nitrogens is 5. The van der Waals surface area contributed by atoms with Crippen molar-refractivity contribution in [1.82, 2.24) is 29.7 Å². The van der Waals surface area contributed by atoms with E-state index in [0.717, 1.165) is 68.9 Å². The summed E-state index contributed by atoms with van der Waals surface area (Å²) in [6, 6.07) is 0. The van der Waals surface area contributed by atoms with Crippen molar-refractivity contribution >= 4 is 23.3 Å². The molecule has 0 aromatic carbocycles. The average Bonchev–Trinajstić information content (AvgIpc) is 3.25. The second-order valence-corrected chi connectivity index (χ2v) is 9.72. The minimum absolute atomic E-state index is 0.246. The summed E-state index contributed by atoms with van der Waals surface area (Å²) in [5.41, 5.74) is 2.02. The van der Waals surface area contributed by atoms with Crippen molar-refractivity contribution in [2.45, 2.75) is 52.1 Å². The number of imidazole rings is 1. The van der Waals surface area contributed by atoms with Crippen LogP contribution in [0.5, 0.6) is 5.88 Å². The van der Waals surface area contributed by atoms with Crippen LogP contribution in [0.25, 0.3) is 5.65 Å². The molecule has 3 aromatic rings. The molecule has 0 atom stereocenters. The average molecular weight is 495 g/mol. The maximum atomic E-state index is 13.1. The Labute approximate surface area is 210 Å². The zero-order chi connectivity index (χ0) is 25.3. The van der Waals surface area contributed by atoms with Gasteiger partial charge in [-0.1, -0.05) is 0 Å². The van der Waals surface area contributed by atoms with E-state index in [4.69, 9.17) is 4.74 Å². The zero-order valence-electron chi connectivity index (χ0n) is 21.1. The van der Waals surface area contributed by atoms with Crippen LogP contribution in [0.1, 0.15) is 54.4 Å². The fourth-order valence-corrected chi connectivity index (χ4v) is 5.31. The first-order valence-corrected chi connectivity index (χ1v) is 12.7. The number of fused-ring (bicyclic) bond motifs is 1. The summed E-state index contributed by atoms with van der Waals surface area (Å²) < 4.78 is 7.58. The van der Waals surface area contributed by atoms with Gasteiger partial charge in [0.25, 0.3) is 5.91 Å². The van der Waals surface area contributed by atoms with Crippen LogP contribution in [0.3, 0.4) is 0 Å². The third kappa shape index (κ3) is 4.85. The Kier molecular flexibility index (Phi) is 6.76. The first kappa shape index (κ1) is 24.4. The highest BCUT2D eigenvalue weighted by atomic mass is 16.5. The quantitative estimate of drug-likeness (QED) is 0.472. The Morgan fingerprint density at radius 3 is 2.67 bits per heavy atom. The fourth-order valence-electron chi connectivity index (χ4n) is 5.31. The molecular formula is C25H34N8O3. The van der Waals surface area contributed by atoms with Crippen LogP contribution in [0.15, 0.2) is 18.6 Å². The molecule has 0 radical (unpaired) electrons. The third-order valence-corrected chi connectivity index (χ3v) is 7.24. The van der Waals surface area contributed by atoms with Crippen LogP contribution in [0.4, 0.5) is 11.8 Å². The van der Waals surface area contributed by atoms with Crippen LogP contribution >= 0.6 is 0 Å². The van der Waals surface area contributed by atoms with Gasteiger partial charge in [-0.2, -0.15) is 4.98 Å². The molecule has 2 saturated heterocycles. The molecule has 2 fully saturated rings. The lowest BCUT2D eigenvalue weighted by Gasteiger charge is -2.43. The Hall–Kier alpha value is -3.31. The SMILES string of the molecule is CCOc1nc(N2CCC(C3(O)CCNCC3)CC2)ncc1C(=O)Nc1cn2cc(C)nc2c(C)n1. The van der Waals surface area contributed by atoms with Crippen molar-refractivity contribution in [3.05, 3.63) is 35.5 Å². The number of nitrogens with zero attached hydrogens (tertiary/aromatic N) is 6. The minimum atomic E-state index is -0.582. The molecular weight excluding hydrogens is 460 g/mol. The molecule has 11 nitrogen and oxygen atoms in total. The van der Waals surface area contributed by atoms with Crippen LogP contribution < -0.4 is 20.3 Å². The van der Waals surface area contributed by atoms with Gasteiger partial charge in [0.1, 0.15) is 11.4 Å². The van der Waals surface area contributed by atoms with Crippen molar-refractivity contribution < 1.29 is 14.6 Å². The van der Waals surface area contributed by atoms with Gasteiger partial charge >= 0.3 is 0 Å². The van der Waals surface area contributed by atoms with Crippen LogP contribution in [0.2, 0.25) is 0 Å². The van der Waals surface area contributed by atoms with Gasteiger partial charge in [-0.3, -0.25) is 4.79 Å². The van der Waals surface area contributed by atoms with Crippen molar-refractivity contribution in [3.8, 4) is 5.88 Å². The first-order valence-electron chi connectivity index (χ1n) is 12.7. The number of hydrogen-bond acceptors (Lipinski definition) is 9. The highest BCUT2D eigenvalue weighted by Gasteiger charge is 2.39. The summed E-state index contributed by atoms with van der Waals surface area (Å²) in [7, 11) is 0. The molecule has 3 aromatic heterocycles. The molecule has 0 bridgehead atoms. The number of nitrogens with one attached hydrogen (secondary N) is 2. The van der Waals surface area contributed by atoms with Gasteiger partial charge in [0.15, 0.2) is 5.65 Å². The number of piperidine rings is 2. The van der Waals surface area contributed by atoms with Gasteiger partial charge in [0.2, 0.25) is 11.8 Å². The van der Waals surface area contributed by atoms with Crippen LogP contribution in [-0.2, 0) is 0 Å². The van der Waals surface area contributed by atoms with E-state index in [1.807, 2.05) is 31.4 Å². The highest BCUT2D eigenvalue weighted by molar-refractivity contribution is 6.05. The summed E-state index contributed by atoms with van der Waals surface area (Å²) in [6.07, 6.45) is 8.50. The fraction of sp³-hybridized carbons (Fsp3) is 0.560. The van der Waals surface area contributed by atoms with Crippen molar-refractivity contribution in [1.29, 1.82) is 0 Å². The van der Waals surface area contributed by atoms with Gasteiger partial charge in [-0.15, -0.1) is 0 Å². The molecule has 2 aliphatic heterocycles. The lowest BCUT2D eigenvalue weighted by Crippen LogP contribution is -2.51. The van der Waals surface area contributed by atoms with Crippen molar-refractivity contribution in [3.63, 3.8) is 0 Å². The molecule has 5 heterocycles. The first-order chi connectivity index (χ1) is 17.4. The molecule has 0 aliphatic carbocycles. The monoisotopic (exact) mass is 494 g/mol. The van der Waals surface area contributed by atoms with E-state index in [1.165, 1.54) is 6.20 Å². The smallest absolute Gasteiger partial charge is 0.263 e. The number of anilines is 2. The van der Waals surface area contributed by atoms with E-state index in [1.54, 1.807) is 6.20 Å². The summed E-state index contributed by atoms with van der Waals surface area (Å²) in [6.45, 7) is 9.24. The summed E-state index contributed by atoms with van der Waals surface area (Å²) in [5, 5.41) is 17.3. The third-order valence-electron chi connectivity index (χ3n) is 7.24. The summed E-state index contributed by atoms with van der Waals surface area (Å²) in [4.78, 5) is 33.2. The molecule has 0 spiro atoms. The van der Waals surface area contributed by atoms with Gasteiger partial charge in [-0.05, 0) is 65.5 Å². The molecule has 192 valence electrons. The van der Waals surface area contributed by atoms with E-state index in [9.17, 15) is 9.90 Å². The Morgan fingerprint density at radius 1 is 1.19 bits per heavy atom. The summed E-state index contributed by atoms with van der Waals surface area (Å²) in [5.74, 6) is 1.08. The number of ether oxygens (including phenoxy) is 1.